The zero-order chi connectivity index (χ0) is 31.4. The minimum atomic E-state index is -5.18. The number of benzene rings is 2. The Balaban J connectivity index is 2.15. The Kier molecular flexibility index (Phi) is 9.82. The third-order valence-electron chi connectivity index (χ3n) is 6.26. The molecule has 3 aromatic rings. The summed E-state index contributed by atoms with van der Waals surface area (Å²) in [7, 11) is 0. The highest BCUT2D eigenvalue weighted by Crippen LogP contribution is 2.37. The van der Waals surface area contributed by atoms with E-state index >= 15 is 0 Å². The molecule has 0 aliphatic carbocycles. The van der Waals surface area contributed by atoms with Crippen LogP contribution in [0.2, 0.25) is 0 Å². The SMILES string of the molecule is Cc1ccc(CN(C(=O)c2cc(C(F)(F)F)cc(C(F)(F)F)c2)C(C)c2nccnc2C(=O)NNC(=O)CCl)cc1C. The minimum Gasteiger partial charge on any atom is -0.326 e. The number of hydrogen-bond acceptors (Lipinski definition) is 5. The number of amides is 3. The first-order chi connectivity index (χ1) is 19.5. The van der Waals surface area contributed by atoms with E-state index in [1.807, 2.05) is 12.3 Å². The van der Waals surface area contributed by atoms with Crippen LogP contribution in [0.1, 0.15) is 67.3 Å². The monoisotopic (exact) mass is 615 g/mol. The van der Waals surface area contributed by atoms with Gasteiger partial charge in [-0.15, -0.1) is 11.6 Å². The molecule has 0 fully saturated rings. The molecule has 42 heavy (non-hydrogen) atoms. The molecule has 0 saturated heterocycles. The molecular weight excluding hydrogens is 592 g/mol. The predicted molar refractivity (Wildman–Crippen MR) is 139 cm³/mol. The van der Waals surface area contributed by atoms with Crippen molar-refractivity contribution in [2.75, 3.05) is 5.88 Å². The summed E-state index contributed by atoms with van der Waals surface area (Å²) >= 11 is 5.40. The Labute approximate surface area is 241 Å². The molecule has 1 atom stereocenters. The Morgan fingerprint density at radius 2 is 1.48 bits per heavy atom. The van der Waals surface area contributed by atoms with Crippen LogP contribution in [-0.4, -0.2) is 38.5 Å². The summed E-state index contributed by atoms with van der Waals surface area (Å²) in [6.07, 6.45) is -8.02. The lowest BCUT2D eigenvalue weighted by atomic mass is 10.0. The lowest BCUT2D eigenvalue weighted by Crippen LogP contribution is -2.43. The molecule has 0 bridgehead atoms. The van der Waals surface area contributed by atoms with Crippen LogP contribution in [-0.2, 0) is 23.7 Å². The van der Waals surface area contributed by atoms with Gasteiger partial charge in [0.05, 0.1) is 22.9 Å². The first-order valence-electron chi connectivity index (χ1n) is 12.2. The number of alkyl halides is 7. The number of aromatic nitrogens is 2. The first kappa shape index (κ1) is 32.3. The van der Waals surface area contributed by atoms with Crippen LogP contribution in [0.25, 0.3) is 0 Å². The second-order valence-corrected chi connectivity index (χ2v) is 9.52. The number of rotatable bonds is 7. The summed E-state index contributed by atoms with van der Waals surface area (Å²) in [6.45, 7) is 4.73. The molecule has 0 spiro atoms. The normalized spacial score (nSPS) is 12.4. The van der Waals surface area contributed by atoms with Gasteiger partial charge in [-0.1, -0.05) is 18.2 Å². The van der Waals surface area contributed by atoms with Gasteiger partial charge in [0, 0.05) is 24.5 Å². The van der Waals surface area contributed by atoms with E-state index in [1.165, 1.54) is 13.1 Å². The standard InChI is InChI=1S/C27H24ClF6N5O3/c1-14-4-5-17(8-15(14)2)13-39(16(3)22-23(36-7-6-35-22)24(41)38-37-21(40)12-28)25(42)18-9-19(26(29,30)31)11-20(10-18)27(32,33)34/h4-11,16H,12-13H2,1-3H3,(H,37,40)(H,38,41). The summed E-state index contributed by atoms with van der Waals surface area (Å²) < 4.78 is 81.3. The van der Waals surface area contributed by atoms with Crippen LogP contribution in [0.5, 0.6) is 0 Å². The van der Waals surface area contributed by atoms with E-state index < -0.39 is 58.7 Å². The molecule has 2 N–H and O–H groups in total. The van der Waals surface area contributed by atoms with E-state index in [1.54, 1.807) is 25.1 Å². The molecule has 0 aliphatic rings. The molecule has 224 valence electrons. The van der Waals surface area contributed by atoms with Crippen molar-refractivity contribution in [1.82, 2.24) is 25.7 Å². The molecule has 3 rings (SSSR count). The van der Waals surface area contributed by atoms with E-state index in [9.17, 15) is 40.7 Å². The van der Waals surface area contributed by atoms with Crippen molar-refractivity contribution in [1.29, 1.82) is 0 Å². The fourth-order valence-electron chi connectivity index (χ4n) is 3.92. The zero-order valence-corrected chi connectivity index (χ0v) is 23.1. The van der Waals surface area contributed by atoms with Crippen molar-refractivity contribution in [2.45, 2.75) is 45.7 Å². The van der Waals surface area contributed by atoms with Gasteiger partial charge in [0.15, 0.2) is 5.69 Å². The van der Waals surface area contributed by atoms with Crippen LogP contribution in [0, 0.1) is 13.8 Å². The number of carbonyl (C=O) groups excluding carboxylic acids is 3. The van der Waals surface area contributed by atoms with Crippen molar-refractivity contribution in [2.24, 2.45) is 0 Å². The molecular formula is C27H24ClF6N5O3. The topological polar surface area (TPSA) is 104 Å². The quantitative estimate of drug-likeness (QED) is 0.207. The average Bonchev–Trinajstić information content (AvgIpc) is 2.94. The average molecular weight is 616 g/mol. The third-order valence-corrected chi connectivity index (χ3v) is 6.50. The van der Waals surface area contributed by atoms with Gasteiger partial charge in [0.2, 0.25) is 0 Å². The maximum atomic E-state index is 13.8. The summed E-state index contributed by atoms with van der Waals surface area (Å²) in [5.74, 6) is -3.37. The molecule has 2 aromatic carbocycles. The van der Waals surface area contributed by atoms with Crippen LogP contribution < -0.4 is 10.9 Å². The Morgan fingerprint density at radius 1 is 0.881 bits per heavy atom. The highest BCUT2D eigenvalue weighted by molar-refractivity contribution is 6.27. The molecule has 0 aliphatic heterocycles. The van der Waals surface area contributed by atoms with E-state index in [-0.39, 0.29) is 24.0 Å². The zero-order valence-electron chi connectivity index (χ0n) is 22.3. The van der Waals surface area contributed by atoms with Gasteiger partial charge in [0.1, 0.15) is 5.88 Å². The molecule has 3 amide bonds. The van der Waals surface area contributed by atoms with Gasteiger partial charge in [-0.25, -0.2) is 4.98 Å². The van der Waals surface area contributed by atoms with Crippen LogP contribution in [0.4, 0.5) is 26.3 Å². The van der Waals surface area contributed by atoms with Gasteiger partial charge in [0.25, 0.3) is 17.7 Å². The van der Waals surface area contributed by atoms with E-state index in [0.29, 0.717) is 17.7 Å². The summed E-state index contributed by atoms with van der Waals surface area (Å²) in [6, 6.07) is 4.49. The van der Waals surface area contributed by atoms with Crippen molar-refractivity contribution < 1.29 is 40.7 Å². The molecule has 0 saturated carbocycles. The molecule has 15 heteroatoms. The molecule has 8 nitrogen and oxygen atoms in total. The summed E-state index contributed by atoms with van der Waals surface area (Å²) in [5.41, 5.74) is 1.64. The van der Waals surface area contributed by atoms with Crippen LogP contribution in [0.15, 0.2) is 48.8 Å². The maximum absolute atomic E-state index is 13.8. The minimum absolute atomic E-state index is 0.0753. The highest BCUT2D eigenvalue weighted by atomic mass is 35.5. The second kappa shape index (κ2) is 12.8. The molecule has 1 unspecified atom stereocenters. The molecule has 1 aromatic heterocycles. The van der Waals surface area contributed by atoms with Crippen molar-refractivity contribution >= 4 is 29.3 Å². The van der Waals surface area contributed by atoms with Crippen molar-refractivity contribution in [3.05, 3.63) is 93.6 Å². The first-order valence-corrected chi connectivity index (χ1v) is 12.7. The highest BCUT2D eigenvalue weighted by Gasteiger charge is 2.38. The van der Waals surface area contributed by atoms with Crippen molar-refractivity contribution in [3.8, 4) is 0 Å². The lowest BCUT2D eigenvalue weighted by Gasteiger charge is -2.30. The van der Waals surface area contributed by atoms with Crippen LogP contribution in [0.3, 0.4) is 0 Å². The molecule has 0 radical (unpaired) electrons. The predicted octanol–water partition coefficient (Wildman–Crippen LogP) is 5.53. The molecule has 1 heterocycles. The number of nitrogens with one attached hydrogen (secondary N) is 2. The number of nitrogens with zero attached hydrogens (tertiary/aromatic N) is 3. The lowest BCUT2D eigenvalue weighted by molar-refractivity contribution is -0.143. The van der Waals surface area contributed by atoms with Crippen molar-refractivity contribution in [3.63, 3.8) is 0 Å². The third kappa shape index (κ3) is 7.75. The number of hydrogen-bond donors (Lipinski definition) is 2. The largest absolute Gasteiger partial charge is 0.416 e. The van der Waals surface area contributed by atoms with Gasteiger partial charge in [-0.2, -0.15) is 26.3 Å². The Bertz CT molecular complexity index is 1460. The number of aryl methyl sites for hydroxylation is 2. The van der Waals surface area contributed by atoms with E-state index in [4.69, 9.17) is 11.6 Å². The second-order valence-electron chi connectivity index (χ2n) is 9.25. The summed E-state index contributed by atoms with van der Waals surface area (Å²) in [5, 5.41) is 0. The number of carbonyl (C=O) groups is 3. The van der Waals surface area contributed by atoms with Crippen LogP contribution >= 0.6 is 11.6 Å². The fraction of sp³-hybridized carbons (Fsp3) is 0.296. The summed E-state index contributed by atoms with van der Waals surface area (Å²) in [4.78, 5) is 47.1. The van der Waals surface area contributed by atoms with Gasteiger partial charge < -0.3 is 4.90 Å². The van der Waals surface area contributed by atoms with E-state index in [2.05, 4.69) is 15.4 Å². The Morgan fingerprint density at radius 3 is 2.02 bits per heavy atom. The maximum Gasteiger partial charge on any atom is 0.416 e. The fourth-order valence-corrected chi connectivity index (χ4v) is 3.99. The number of halogens is 7. The van der Waals surface area contributed by atoms with Gasteiger partial charge in [-0.05, 0) is 55.7 Å². The van der Waals surface area contributed by atoms with Gasteiger partial charge in [-0.3, -0.25) is 30.2 Å². The van der Waals surface area contributed by atoms with E-state index in [0.717, 1.165) is 22.2 Å². The Hall–Kier alpha value is -4.20. The van der Waals surface area contributed by atoms with Gasteiger partial charge >= 0.3 is 12.4 Å². The smallest absolute Gasteiger partial charge is 0.326 e. The number of hydrazine groups is 1.